The molecule has 2 rings (SSSR count). The van der Waals surface area contributed by atoms with Crippen LogP contribution in [0.15, 0.2) is 18.2 Å². The quantitative estimate of drug-likeness (QED) is 0.645. The summed E-state index contributed by atoms with van der Waals surface area (Å²) in [6, 6.07) is 5.91. The second kappa shape index (κ2) is 3.28. The highest BCUT2D eigenvalue weighted by Gasteiger charge is 2.20. The van der Waals surface area contributed by atoms with Gasteiger partial charge in [0.1, 0.15) is 6.29 Å². The summed E-state index contributed by atoms with van der Waals surface area (Å²) in [5, 5.41) is 3.11. The van der Waals surface area contributed by atoms with Crippen LogP contribution in [-0.4, -0.2) is 6.29 Å². The minimum atomic E-state index is -0.138. The Morgan fingerprint density at radius 2 is 2.46 bits per heavy atom. The fraction of sp³-hybridized carbons (Fsp3) is 0.300. The highest BCUT2D eigenvalue weighted by Crippen LogP contribution is 2.24. The first-order valence-corrected chi connectivity index (χ1v) is 4.35. The van der Waals surface area contributed by atoms with Crippen LogP contribution < -0.4 is 11.1 Å². The summed E-state index contributed by atoms with van der Waals surface area (Å²) in [7, 11) is 0. The average Bonchev–Trinajstić information content (AvgIpc) is 2.59. The molecular formula is C10H12N2O. The summed E-state index contributed by atoms with van der Waals surface area (Å²) in [4.78, 5) is 10.7. The Kier molecular flexibility index (Phi) is 2.12. The summed E-state index contributed by atoms with van der Waals surface area (Å²) in [6.45, 7) is 1.31. The molecule has 1 aromatic carbocycles. The summed E-state index contributed by atoms with van der Waals surface area (Å²) in [5.74, 6) is 0. The Balaban J connectivity index is 2.42. The minimum Gasteiger partial charge on any atom is -0.326 e. The van der Waals surface area contributed by atoms with E-state index in [1.807, 2.05) is 18.2 Å². The van der Waals surface area contributed by atoms with Gasteiger partial charge in [0, 0.05) is 13.1 Å². The van der Waals surface area contributed by atoms with E-state index in [4.69, 9.17) is 5.73 Å². The topological polar surface area (TPSA) is 55.1 Å². The number of carbonyl (C=O) groups excluding carboxylic acids is 1. The highest BCUT2D eigenvalue weighted by atomic mass is 16.1. The van der Waals surface area contributed by atoms with Gasteiger partial charge >= 0.3 is 0 Å². The molecule has 0 fully saturated rings. The molecule has 0 bridgehead atoms. The van der Waals surface area contributed by atoms with E-state index >= 15 is 0 Å². The van der Waals surface area contributed by atoms with E-state index in [1.54, 1.807) is 0 Å². The van der Waals surface area contributed by atoms with E-state index in [9.17, 15) is 4.79 Å². The van der Waals surface area contributed by atoms with E-state index in [2.05, 4.69) is 5.32 Å². The first-order chi connectivity index (χ1) is 6.35. The molecule has 0 radical (unpaired) electrons. The SMILES string of the molecule is NCc1ccc2c(c1)C(C=O)NC2. The Hall–Kier alpha value is -1.19. The minimum absolute atomic E-state index is 0.138. The van der Waals surface area contributed by atoms with Crippen molar-refractivity contribution in [1.82, 2.24) is 5.32 Å². The standard InChI is InChI=1S/C10H12N2O/c11-4-7-1-2-8-5-12-10(6-13)9(8)3-7/h1-3,6,10,12H,4-5,11H2. The molecule has 3 N–H and O–H groups in total. The lowest BCUT2D eigenvalue weighted by Crippen LogP contribution is -2.12. The van der Waals surface area contributed by atoms with Crippen LogP contribution in [0.2, 0.25) is 0 Å². The molecule has 1 unspecified atom stereocenters. The second-order valence-electron chi connectivity index (χ2n) is 3.23. The Bertz CT molecular complexity index is 336. The molecular weight excluding hydrogens is 164 g/mol. The summed E-state index contributed by atoms with van der Waals surface area (Å²) < 4.78 is 0. The third-order valence-electron chi connectivity index (χ3n) is 2.43. The molecule has 1 atom stereocenters. The van der Waals surface area contributed by atoms with E-state index < -0.39 is 0 Å². The number of aldehydes is 1. The first-order valence-electron chi connectivity index (χ1n) is 4.35. The van der Waals surface area contributed by atoms with Crippen LogP contribution in [0.5, 0.6) is 0 Å². The van der Waals surface area contributed by atoms with Gasteiger partial charge in [0.05, 0.1) is 6.04 Å². The van der Waals surface area contributed by atoms with Gasteiger partial charge in [0.25, 0.3) is 0 Å². The zero-order valence-corrected chi connectivity index (χ0v) is 7.29. The van der Waals surface area contributed by atoms with Gasteiger partial charge in [0.2, 0.25) is 0 Å². The Morgan fingerprint density at radius 3 is 3.15 bits per heavy atom. The molecule has 0 spiro atoms. The second-order valence-corrected chi connectivity index (χ2v) is 3.23. The molecule has 0 amide bonds. The van der Waals surface area contributed by atoms with Crippen molar-refractivity contribution in [2.45, 2.75) is 19.1 Å². The number of hydrogen-bond donors (Lipinski definition) is 2. The van der Waals surface area contributed by atoms with Crippen LogP contribution in [0.3, 0.4) is 0 Å². The molecule has 0 aliphatic carbocycles. The van der Waals surface area contributed by atoms with Crippen molar-refractivity contribution in [2.24, 2.45) is 5.73 Å². The zero-order valence-electron chi connectivity index (χ0n) is 7.29. The Morgan fingerprint density at radius 1 is 1.62 bits per heavy atom. The molecule has 0 aromatic heterocycles. The van der Waals surface area contributed by atoms with Gasteiger partial charge in [-0.25, -0.2) is 0 Å². The van der Waals surface area contributed by atoms with Gasteiger partial charge in [-0.2, -0.15) is 0 Å². The predicted octanol–water partition coefficient (Wildman–Crippen LogP) is 0.488. The van der Waals surface area contributed by atoms with Crippen LogP contribution >= 0.6 is 0 Å². The van der Waals surface area contributed by atoms with Crippen LogP contribution in [0, 0.1) is 0 Å². The molecule has 68 valence electrons. The molecule has 1 aliphatic rings. The van der Waals surface area contributed by atoms with E-state index in [0.29, 0.717) is 6.54 Å². The number of fused-ring (bicyclic) bond motifs is 1. The monoisotopic (exact) mass is 176 g/mol. The van der Waals surface area contributed by atoms with Crippen molar-refractivity contribution in [3.63, 3.8) is 0 Å². The fourth-order valence-electron chi connectivity index (χ4n) is 1.67. The summed E-state index contributed by atoms with van der Waals surface area (Å²) in [6.07, 6.45) is 0.937. The van der Waals surface area contributed by atoms with Crippen LogP contribution in [0.25, 0.3) is 0 Å². The van der Waals surface area contributed by atoms with Gasteiger partial charge in [-0.05, 0) is 16.7 Å². The van der Waals surface area contributed by atoms with Crippen molar-refractivity contribution in [3.8, 4) is 0 Å². The van der Waals surface area contributed by atoms with Crippen molar-refractivity contribution >= 4 is 6.29 Å². The van der Waals surface area contributed by atoms with Crippen molar-refractivity contribution in [3.05, 3.63) is 34.9 Å². The van der Waals surface area contributed by atoms with Crippen LogP contribution in [0.4, 0.5) is 0 Å². The zero-order chi connectivity index (χ0) is 9.26. The molecule has 1 aliphatic heterocycles. The number of nitrogens with two attached hydrogens (primary N) is 1. The fourth-order valence-corrected chi connectivity index (χ4v) is 1.67. The third kappa shape index (κ3) is 1.36. The number of benzene rings is 1. The number of nitrogens with one attached hydrogen (secondary N) is 1. The molecule has 3 heteroatoms. The number of rotatable bonds is 2. The van der Waals surface area contributed by atoms with E-state index in [-0.39, 0.29) is 6.04 Å². The van der Waals surface area contributed by atoms with Crippen molar-refractivity contribution in [2.75, 3.05) is 0 Å². The van der Waals surface area contributed by atoms with Crippen molar-refractivity contribution in [1.29, 1.82) is 0 Å². The summed E-state index contributed by atoms with van der Waals surface area (Å²) in [5.41, 5.74) is 8.88. The smallest absolute Gasteiger partial charge is 0.141 e. The predicted molar refractivity (Wildman–Crippen MR) is 50.0 cm³/mol. The lowest BCUT2D eigenvalue weighted by molar-refractivity contribution is -0.109. The first kappa shape index (κ1) is 8.41. The van der Waals surface area contributed by atoms with Crippen molar-refractivity contribution < 1.29 is 4.79 Å². The maximum Gasteiger partial charge on any atom is 0.141 e. The maximum absolute atomic E-state index is 10.7. The Labute approximate surface area is 76.9 Å². The van der Waals surface area contributed by atoms with E-state index in [0.717, 1.165) is 24.0 Å². The molecule has 1 heterocycles. The average molecular weight is 176 g/mol. The van der Waals surface area contributed by atoms with Crippen LogP contribution in [0.1, 0.15) is 22.7 Å². The van der Waals surface area contributed by atoms with Gasteiger partial charge in [-0.1, -0.05) is 18.2 Å². The van der Waals surface area contributed by atoms with Gasteiger partial charge < -0.3 is 10.5 Å². The lowest BCUT2D eigenvalue weighted by Gasteiger charge is -2.04. The maximum atomic E-state index is 10.7. The van der Waals surface area contributed by atoms with Gasteiger partial charge in [-0.3, -0.25) is 5.32 Å². The number of carbonyl (C=O) groups is 1. The lowest BCUT2D eigenvalue weighted by atomic mass is 10.0. The largest absolute Gasteiger partial charge is 0.326 e. The highest BCUT2D eigenvalue weighted by molar-refractivity contribution is 5.64. The molecule has 3 nitrogen and oxygen atoms in total. The molecule has 1 aromatic rings. The van der Waals surface area contributed by atoms with E-state index in [1.165, 1.54) is 5.56 Å². The molecule has 13 heavy (non-hydrogen) atoms. The van der Waals surface area contributed by atoms with Gasteiger partial charge in [0.15, 0.2) is 0 Å². The summed E-state index contributed by atoms with van der Waals surface area (Å²) >= 11 is 0. The number of hydrogen-bond acceptors (Lipinski definition) is 3. The van der Waals surface area contributed by atoms with Gasteiger partial charge in [-0.15, -0.1) is 0 Å². The molecule has 0 saturated carbocycles. The normalized spacial score (nSPS) is 19.9. The molecule has 0 saturated heterocycles. The third-order valence-corrected chi connectivity index (χ3v) is 2.43. The van der Waals surface area contributed by atoms with Crippen LogP contribution in [-0.2, 0) is 17.9 Å².